The molecule has 2 N–H and O–H groups in total. The Morgan fingerprint density at radius 2 is 2.28 bits per heavy atom. The van der Waals surface area contributed by atoms with Crippen LogP contribution in [0.5, 0.6) is 11.5 Å². The van der Waals surface area contributed by atoms with Crippen LogP contribution in [0, 0.1) is 0 Å². The van der Waals surface area contributed by atoms with Gasteiger partial charge < -0.3 is 19.9 Å². The summed E-state index contributed by atoms with van der Waals surface area (Å²) in [6.07, 6.45) is 1.80. The molecule has 1 saturated heterocycles. The van der Waals surface area contributed by atoms with Crippen molar-refractivity contribution < 1.29 is 14.2 Å². The van der Waals surface area contributed by atoms with Gasteiger partial charge in [0.1, 0.15) is 17.1 Å². The van der Waals surface area contributed by atoms with Gasteiger partial charge in [0, 0.05) is 30.5 Å². The Hall–Kier alpha value is -1.26. The van der Waals surface area contributed by atoms with Gasteiger partial charge >= 0.3 is 0 Å². The first-order valence-electron chi connectivity index (χ1n) is 6.39. The predicted molar refractivity (Wildman–Crippen MR) is 67.9 cm³/mol. The van der Waals surface area contributed by atoms with E-state index in [1.54, 1.807) is 7.11 Å². The SMILES string of the molecule is COc1ccc2c(c1)OC1(CCOC1C)C[C@@H]2N. The third-order valence-corrected chi connectivity index (χ3v) is 4.13. The Kier molecular flexibility index (Phi) is 2.72. The molecule has 2 aliphatic rings. The van der Waals surface area contributed by atoms with Crippen LogP contribution in [-0.2, 0) is 4.74 Å². The molecular weight excluding hydrogens is 230 g/mol. The Morgan fingerprint density at radius 1 is 1.44 bits per heavy atom. The largest absolute Gasteiger partial charge is 0.497 e. The molecule has 0 aliphatic carbocycles. The van der Waals surface area contributed by atoms with Crippen molar-refractivity contribution in [3.05, 3.63) is 23.8 Å². The molecule has 0 saturated carbocycles. The monoisotopic (exact) mass is 249 g/mol. The molecule has 18 heavy (non-hydrogen) atoms. The summed E-state index contributed by atoms with van der Waals surface area (Å²) < 4.78 is 17.1. The Balaban J connectivity index is 1.99. The van der Waals surface area contributed by atoms with Crippen molar-refractivity contribution in [3.8, 4) is 11.5 Å². The molecule has 2 unspecified atom stereocenters. The van der Waals surface area contributed by atoms with Crippen LogP contribution in [0.25, 0.3) is 0 Å². The molecule has 1 aromatic rings. The summed E-state index contributed by atoms with van der Waals surface area (Å²) in [4.78, 5) is 0. The number of hydrogen-bond donors (Lipinski definition) is 1. The normalized spacial score (nSPS) is 34.2. The van der Waals surface area contributed by atoms with Crippen LogP contribution in [0.2, 0.25) is 0 Å². The molecule has 1 fully saturated rings. The van der Waals surface area contributed by atoms with Gasteiger partial charge in [-0.3, -0.25) is 0 Å². The zero-order valence-corrected chi connectivity index (χ0v) is 10.8. The van der Waals surface area contributed by atoms with E-state index in [1.807, 2.05) is 18.2 Å². The van der Waals surface area contributed by atoms with E-state index in [2.05, 4.69) is 6.92 Å². The fourth-order valence-electron chi connectivity index (χ4n) is 2.94. The van der Waals surface area contributed by atoms with Crippen LogP contribution in [0.1, 0.15) is 31.4 Å². The minimum atomic E-state index is -0.265. The molecule has 0 amide bonds. The van der Waals surface area contributed by atoms with Gasteiger partial charge in [0.15, 0.2) is 0 Å². The van der Waals surface area contributed by atoms with Crippen LogP contribution in [0.4, 0.5) is 0 Å². The minimum absolute atomic E-state index is 0.00352. The van der Waals surface area contributed by atoms with Crippen LogP contribution in [0.15, 0.2) is 18.2 Å². The third-order valence-electron chi connectivity index (χ3n) is 4.13. The van der Waals surface area contributed by atoms with Gasteiger partial charge in [-0.2, -0.15) is 0 Å². The van der Waals surface area contributed by atoms with Gasteiger partial charge in [-0.25, -0.2) is 0 Å². The summed E-state index contributed by atoms with van der Waals surface area (Å²) in [5.41, 5.74) is 7.07. The van der Waals surface area contributed by atoms with Gasteiger partial charge in [0.25, 0.3) is 0 Å². The maximum absolute atomic E-state index is 6.28. The lowest BCUT2D eigenvalue weighted by Gasteiger charge is -2.40. The molecule has 2 aliphatic heterocycles. The van der Waals surface area contributed by atoms with Crippen LogP contribution in [-0.4, -0.2) is 25.4 Å². The molecule has 4 heteroatoms. The lowest BCUT2D eigenvalue weighted by atomic mass is 9.83. The molecule has 1 spiro atoms. The van der Waals surface area contributed by atoms with E-state index in [-0.39, 0.29) is 17.7 Å². The van der Waals surface area contributed by atoms with Gasteiger partial charge in [-0.1, -0.05) is 6.07 Å². The van der Waals surface area contributed by atoms with Crippen molar-refractivity contribution in [1.29, 1.82) is 0 Å². The summed E-state index contributed by atoms with van der Waals surface area (Å²) in [5.74, 6) is 1.63. The molecule has 0 aromatic heterocycles. The number of rotatable bonds is 1. The maximum Gasteiger partial charge on any atom is 0.139 e. The average Bonchev–Trinajstić information content (AvgIpc) is 2.69. The first-order valence-corrected chi connectivity index (χ1v) is 6.39. The fourth-order valence-corrected chi connectivity index (χ4v) is 2.94. The second-order valence-corrected chi connectivity index (χ2v) is 5.14. The predicted octanol–water partition coefficient (Wildman–Crippen LogP) is 2.03. The molecular formula is C14H19NO3. The van der Waals surface area contributed by atoms with Crippen molar-refractivity contribution in [2.45, 2.75) is 37.5 Å². The third kappa shape index (κ3) is 1.68. The number of methoxy groups -OCH3 is 1. The number of benzene rings is 1. The summed E-state index contributed by atoms with van der Waals surface area (Å²) in [6.45, 7) is 2.80. The molecule has 98 valence electrons. The molecule has 3 atom stereocenters. The Bertz CT molecular complexity index is 462. The Labute approximate surface area is 107 Å². The molecule has 2 heterocycles. The van der Waals surface area contributed by atoms with Crippen LogP contribution < -0.4 is 15.2 Å². The molecule has 0 bridgehead atoms. The van der Waals surface area contributed by atoms with E-state index in [1.165, 1.54) is 0 Å². The smallest absolute Gasteiger partial charge is 0.139 e. The van der Waals surface area contributed by atoms with Crippen LogP contribution in [0.3, 0.4) is 0 Å². The van der Waals surface area contributed by atoms with Crippen LogP contribution >= 0.6 is 0 Å². The zero-order valence-electron chi connectivity index (χ0n) is 10.8. The zero-order chi connectivity index (χ0) is 12.8. The molecule has 1 aromatic carbocycles. The van der Waals surface area contributed by atoms with Gasteiger partial charge in [-0.15, -0.1) is 0 Å². The fraction of sp³-hybridized carbons (Fsp3) is 0.571. The second-order valence-electron chi connectivity index (χ2n) is 5.14. The average molecular weight is 249 g/mol. The highest BCUT2D eigenvalue weighted by molar-refractivity contribution is 5.44. The summed E-state index contributed by atoms with van der Waals surface area (Å²) in [5, 5.41) is 0. The van der Waals surface area contributed by atoms with Crippen molar-refractivity contribution in [2.24, 2.45) is 5.73 Å². The number of ether oxygens (including phenoxy) is 3. The van der Waals surface area contributed by atoms with Crippen molar-refractivity contribution in [1.82, 2.24) is 0 Å². The van der Waals surface area contributed by atoms with Crippen molar-refractivity contribution in [2.75, 3.05) is 13.7 Å². The second kappa shape index (κ2) is 4.14. The lowest BCUT2D eigenvalue weighted by molar-refractivity contribution is -0.0276. The lowest BCUT2D eigenvalue weighted by Crippen LogP contribution is -2.47. The highest BCUT2D eigenvalue weighted by Crippen LogP contribution is 2.45. The van der Waals surface area contributed by atoms with Gasteiger partial charge in [0.05, 0.1) is 19.8 Å². The quantitative estimate of drug-likeness (QED) is 0.827. The number of hydrogen-bond acceptors (Lipinski definition) is 4. The molecule has 3 rings (SSSR count). The summed E-state index contributed by atoms with van der Waals surface area (Å²) in [7, 11) is 1.65. The minimum Gasteiger partial charge on any atom is -0.497 e. The van der Waals surface area contributed by atoms with Crippen molar-refractivity contribution >= 4 is 0 Å². The van der Waals surface area contributed by atoms with E-state index in [0.29, 0.717) is 0 Å². The van der Waals surface area contributed by atoms with E-state index in [0.717, 1.165) is 36.5 Å². The van der Waals surface area contributed by atoms with E-state index < -0.39 is 0 Å². The van der Waals surface area contributed by atoms with Crippen molar-refractivity contribution in [3.63, 3.8) is 0 Å². The topological polar surface area (TPSA) is 53.7 Å². The first-order chi connectivity index (χ1) is 8.64. The molecule has 4 nitrogen and oxygen atoms in total. The molecule has 0 radical (unpaired) electrons. The van der Waals surface area contributed by atoms with E-state index >= 15 is 0 Å². The van der Waals surface area contributed by atoms with E-state index in [4.69, 9.17) is 19.9 Å². The standard InChI is InChI=1S/C14H19NO3/c1-9-14(5-6-17-9)8-12(15)11-4-3-10(16-2)7-13(11)18-14/h3-4,7,9,12H,5-6,8,15H2,1-2H3/t9?,12-,14?/m0/s1. The first kappa shape index (κ1) is 11.8. The number of fused-ring (bicyclic) bond motifs is 1. The highest BCUT2D eigenvalue weighted by atomic mass is 16.6. The van der Waals surface area contributed by atoms with Gasteiger partial charge in [-0.05, 0) is 13.0 Å². The highest BCUT2D eigenvalue weighted by Gasteiger charge is 2.48. The number of nitrogens with two attached hydrogens (primary N) is 1. The Morgan fingerprint density at radius 3 is 2.94 bits per heavy atom. The van der Waals surface area contributed by atoms with Gasteiger partial charge in [0.2, 0.25) is 0 Å². The summed E-state index contributed by atoms with van der Waals surface area (Å²) in [6, 6.07) is 5.84. The maximum atomic E-state index is 6.28. The van der Waals surface area contributed by atoms with E-state index in [9.17, 15) is 0 Å². The summed E-state index contributed by atoms with van der Waals surface area (Å²) >= 11 is 0.